The molecule has 0 unspecified atom stereocenters. The molecule has 3 amide bonds. The van der Waals surface area contributed by atoms with Crippen molar-refractivity contribution in [2.75, 3.05) is 24.5 Å². The minimum Gasteiger partial charge on any atom is -0.490 e. The Balaban J connectivity index is 1.18. The molecule has 2 aromatic rings. The van der Waals surface area contributed by atoms with Crippen molar-refractivity contribution in [3.8, 4) is 5.75 Å². The summed E-state index contributed by atoms with van der Waals surface area (Å²) >= 11 is 6.02. The van der Waals surface area contributed by atoms with Gasteiger partial charge in [0.25, 0.3) is 5.91 Å². The average molecular weight is 486 g/mol. The molecule has 1 heterocycles. The van der Waals surface area contributed by atoms with Gasteiger partial charge in [-0.25, -0.2) is 4.79 Å². The maximum absolute atomic E-state index is 12.5. The maximum atomic E-state index is 12.5. The number of hydrogen-bond acceptors (Lipinski definition) is 4. The van der Waals surface area contributed by atoms with Crippen LogP contribution in [0.4, 0.5) is 10.5 Å². The van der Waals surface area contributed by atoms with Crippen LogP contribution in [-0.4, -0.2) is 48.8 Å². The summed E-state index contributed by atoms with van der Waals surface area (Å²) in [4.78, 5) is 37.6. The van der Waals surface area contributed by atoms with E-state index in [2.05, 4.69) is 10.6 Å². The summed E-state index contributed by atoms with van der Waals surface area (Å²) in [6.07, 6.45) is 3.43. The zero-order valence-electron chi connectivity index (χ0n) is 18.8. The number of amides is 3. The molecule has 1 fully saturated rings. The largest absolute Gasteiger partial charge is 0.490 e. The van der Waals surface area contributed by atoms with Gasteiger partial charge in [0, 0.05) is 35.9 Å². The monoisotopic (exact) mass is 485 g/mol. The summed E-state index contributed by atoms with van der Waals surface area (Å²) < 4.78 is 5.94. The van der Waals surface area contributed by atoms with E-state index in [1.165, 1.54) is 0 Å². The Kier molecular flexibility index (Phi) is 7.57. The van der Waals surface area contributed by atoms with Crippen LogP contribution in [0, 0.1) is 5.92 Å². The molecule has 0 aromatic heterocycles. The second kappa shape index (κ2) is 10.8. The van der Waals surface area contributed by atoms with Crippen LogP contribution >= 0.6 is 11.6 Å². The number of rotatable bonds is 7. The molecule has 4 rings (SSSR count). The summed E-state index contributed by atoms with van der Waals surface area (Å²) in [5.41, 5.74) is 2.41. The highest BCUT2D eigenvalue weighted by Crippen LogP contribution is 2.30. The Bertz CT molecular complexity index is 1050. The van der Waals surface area contributed by atoms with Crippen LogP contribution < -0.4 is 20.3 Å². The number of anilines is 1. The number of benzene rings is 2. The van der Waals surface area contributed by atoms with E-state index in [1.54, 1.807) is 35.2 Å². The zero-order chi connectivity index (χ0) is 24.1. The molecule has 8 nitrogen and oxygen atoms in total. The van der Waals surface area contributed by atoms with E-state index in [4.69, 9.17) is 21.4 Å². The Labute approximate surface area is 203 Å². The highest BCUT2D eigenvalue weighted by molar-refractivity contribution is 6.30. The number of carboxylic acid groups (broad SMARTS) is 1. The van der Waals surface area contributed by atoms with E-state index in [0.717, 1.165) is 17.7 Å². The van der Waals surface area contributed by atoms with Crippen LogP contribution in [0.1, 0.15) is 41.6 Å². The molecule has 9 heteroatoms. The molecule has 0 atom stereocenters. The Morgan fingerprint density at radius 3 is 2.41 bits per heavy atom. The van der Waals surface area contributed by atoms with E-state index in [-0.39, 0.29) is 24.0 Å². The fourth-order valence-electron chi connectivity index (χ4n) is 4.43. The first-order valence-corrected chi connectivity index (χ1v) is 11.9. The summed E-state index contributed by atoms with van der Waals surface area (Å²) in [6.45, 7) is 1.21. The van der Waals surface area contributed by atoms with Crippen molar-refractivity contribution in [2.45, 2.75) is 38.2 Å². The van der Waals surface area contributed by atoms with Crippen molar-refractivity contribution in [3.05, 3.63) is 58.6 Å². The Morgan fingerprint density at radius 1 is 1.00 bits per heavy atom. The molecule has 1 saturated carbocycles. The van der Waals surface area contributed by atoms with Gasteiger partial charge in [-0.15, -0.1) is 0 Å². The van der Waals surface area contributed by atoms with Gasteiger partial charge < -0.3 is 20.5 Å². The number of nitrogens with one attached hydrogen (secondary N) is 2. The quantitative estimate of drug-likeness (QED) is 0.516. The van der Waals surface area contributed by atoms with Gasteiger partial charge in [0.05, 0.1) is 12.0 Å². The number of ether oxygens (including phenoxy) is 1. The first kappa shape index (κ1) is 23.9. The molecule has 0 radical (unpaired) electrons. The number of aliphatic carboxylic acids is 1. The summed E-state index contributed by atoms with van der Waals surface area (Å²) in [5.74, 6) is -0.584. The smallest absolute Gasteiger partial charge is 0.321 e. The molecular formula is C25H28ClN3O5. The molecule has 1 aliphatic heterocycles. The number of carbonyl (C=O) groups excluding carboxylic acids is 2. The molecule has 0 saturated heterocycles. The third-order valence-electron chi connectivity index (χ3n) is 6.31. The minimum atomic E-state index is -0.736. The second-order valence-corrected chi connectivity index (χ2v) is 9.05. The fraction of sp³-hybridized carbons (Fsp3) is 0.400. The Hall–Kier alpha value is -3.26. The van der Waals surface area contributed by atoms with E-state index in [0.29, 0.717) is 61.7 Å². The number of halogens is 1. The van der Waals surface area contributed by atoms with E-state index < -0.39 is 5.97 Å². The lowest BCUT2D eigenvalue weighted by Gasteiger charge is -2.26. The van der Waals surface area contributed by atoms with Gasteiger partial charge in [-0.1, -0.05) is 11.6 Å². The maximum Gasteiger partial charge on any atom is 0.321 e. The van der Waals surface area contributed by atoms with Crippen molar-refractivity contribution in [1.82, 2.24) is 10.6 Å². The average Bonchev–Trinajstić information content (AvgIpc) is 3.25. The summed E-state index contributed by atoms with van der Waals surface area (Å²) in [6, 6.07) is 12.2. The van der Waals surface area contributed by atoms with Crippen LogP contribution in [0.25, 0.3) is 0 Å². The van der Waals surface area contributed by atoms with Crippen molar-refractivity contribution in [3.63, 3.8) is 0 Å². The standard InChI is InChI=1S/C25H28ClN3O5/c26-19-5-10-22-18(15-19)11-14-29(22)25(33)28-13-12-27-23(30)16-1-6-20(7-2-16)34-21-8-3-17(4-9-21)24(31)32/h1-2,5-7,10,15,17,21H,3-4,8-9,11-14H2,(H,27,30)(H,28,33)(H,31,32)/t17-,21+. The first-order valence-electron chi connectivity index (χ1n) is 11.5. The van der Waals surface area contributed by atoms with E-state index >= 15 is 0 Å². The number of urea groups is 1. The lowest BCUT2D eigenvalue weighted by atomic mass is 9.87. The van der Waals surface area contributed by atoms with Crippen LogP contribution in [-0.2, 0) is 11.2 Å². The number of carboxylic acids is 1. The van der Waals surface area contributed by atoms with Crippen LogP contribution in [0.2, 0.25) is 5.02 Å². The first-order chi connectivity index (χ1) is 16.4. The van der Waals surface area contributed by atoms with Crippen molar-refractivity contribution in [2.24, 2.45) is 5.92 Å². The topological polar surface area (TPSA) is 108 Å². The predicted octanol–water partition coefficient (Wildman–Crippen LogP) is 3.86. The molecule has 1 aliphatic carbocycles. The summed E-state index contributed by atoms with van der Waals surface area (Å²) in [7, 11) is 0. The number of carbonyl (C=O) groups is 3. The van der Waals surface area contributed by atoms with Gasteiger partial charge in [0.15, 0.2) is 0 Å². The molecular weight excluding hydrogens is 458 g/mol. The molecule has 3 N–H and O–H groups in total. The highest BCUT2D eigenvalue weighted by atomic mass is 35.5. The van der Waals surface area contributed by atoms with Crippen molar-refractivity contribution >= 4 is 35.2 Å². The molecule has 180 valence electrons. The third-order valence-corrected chi connectivity index (χ3v) is 6.55. The van der Waals surface area contributed by atoms with E-state index in [9.17, 15) is 14.4 Å². The van der Waals surface area contributed by atoms with Crippen LogP contribution in [0.3, 0.4) is 0 Å². The normalized spacial score (nSPS) is 19.3. The van der Waals surface area contributed by atoms with Crippen LogP contribution in [0.5, 0.6) is 5.75 Å². The van der Waals surface area contributed by atoms with Crippen LogP contribution in [0.15, 0.2) is 42.5 Å². The lowest BCUT2D eigenvalue weighted by molar-refractivity contribution is -0.143. The predicted molar refractivity (Wildman–Crippen MR) is 129 cm³/mol. The highest BCUT2D eigenvalue weighted by Gasteiger charge is 2.27. The van der Waals surface area contributed by atoms with Gasteiger partial charge in [-0.2, -0.15) is 0 Å². The van der Waals surface area contributed by atoms with Crippen molar-refractivity contribution < 1.29 is 24.2 Å². The SMILES string of the molecule is O=C(NCCNC(=O)N1CCc2cc(Cl)ccc21)c1ccc(O[C@H]2CC[C@@H](C(=O)O)CC2)cc1. The Morgan fingerprint density at radius 2 is 1.71 bits per heavy atom. The van der Waals surface area contributed by atoms with Gasteiger partial charge in [-0.3, -0.25) is 14.5 Å². The van der Waals surface area contributed by atoms with Gasteiger partial charge in [-0.05, 0) is 80.1 Å². The molecule has 2 aliphatic rings. The van der Waals surface area contributed by atoms with Crippen molar-refractivity contribution in [1.29, 1.82) is 0 Å². The second-order valence-electron chi connectivity index (χ2n) is 8.62. The molecule has 0 bridgehead atoms. The number of nitrogens with zero attached hydrogens (tertiary/aromatic N) is 1. The molecule has 34 heavy (non-hydrogen) atoms. The van der Waals surface area contributed by atoms with Gasteiger partial charge >= 0.3 is 12.0 Å². The zero-order valence-corrected chi connectivity index (χ0v) is 19.5. The lowest BCUT2D eigenvalue weighted by Crippen LogP contribution is -2.42. The minimum absolute atomic E-state index is 0.00144. The number of hydrogen-bond donors (Lipinski definition) is 3. The van der Waals surface area contributed by atoms with E-state index in [1.807, 2.05) is 12.1 Å². The van der Waals surface area contributed by atoms with Gasteiger partial charge in [0.1, 0.15) is 5.75 Å². The number of fused-ring (bicyclic) bond motifs is 1. The fourth-order valence-corrected chi connectivity index (χ4v) is 4.62. The summed E-state index contributed by atoms with van der Waals surface area (Å²) in [5, 5.41) is 15.4. The van der Waals surface area contributed by atoms with Gasteiger partial charge in [0.2, 0.25) is 0 Å². The molecule has 2 aromatic carbocycles. The third kappa shape index (κ3) is 5.80. The molecule has 0 spiro atoms.